The molecule has 0 aliphatic carbocycles. The molecule has 0 aliphatic heterocycles. The van der Waals surface area contributed by atoms with E-state index in [0.717, 1.165) is 0 Å². The third-order valence-electron chi connectivity index (χ3n) is 2.60. The van der Waals surface area contributed by atoms with E-state index in [0.29, 0.717) is 17.2 Å². The normalized spacial score (nSPS) is 11.3. The lowest BCUT2D eigenvalue weighted by Crippen LogP contribution is -2.15. The molecule has 0 radical (unpaired) electrons. The van der Waals surface area contributed by atoms with Crippen LogP contribution in [0.3, 0.4) is 0 Å². The first kappa shape index (κ1) is 15.2. The summed E-state index contributed by atoms with van der Waals surface area (Å²) in [4.78, 5) is 8.36. The smallest absolute Gasteiger partial charge is 0.263 e. The molecular weight excluding hydrogens is 292 g/mol. The van der Waals surface area contributed by atoms with Crippen molar-refractivity contribution in [1.29, 1.82) is 0 Å². The van der Waals surface area contributed by atoms with E-state index in [1.165, 1.54) is 31.4 Å². The fourth-order valence-corrected chi connectivity index (χ4v) is 2.71. The van der Waals surface area contributed by atoms with Gasteiger partial charge < -0.3 is 10.5 Å². The molecular formula is C13H16N4O3S. The van der Waals surface area contributed by atoms with Crippen LogP contribution in [0.25, 0.3) is 0 Å². The number of aromatic nitrogens is 2. The van der Waals surface area contributed by atoms with Gasteiger partial charge in [0.15, 0.2) is 5.82 Å². The topological polar surface area (TPSA) is 107 Å². The summed E-state index contributed by atoms with van der Waals surface area (Å²) in [6, 6.07) is 7.46. The summed E-state index contributed by atoms with van der Waals surface area (Å²) in [7, 11) is -2.20. The molecule has 1 aromatic heterocycles. The fourth-order valence-electron chi connectivity index (χ4n) is 1.72. The second-order valence-corrected chi connectivity index (χ2v) is 6.10. The second kappa shape index (κ2) is 6.06. The SMILES string of the molecule is COCc1nc(C)cc(NS(=O)(=O)c2ccc(N)cc2)n1. The van der Waals surface area contributed by atoms with Gasteiger partial charge in [-0.2, -0.15) is 0 Å². The number of hydrogen-bond acceptors (Lipinski definition) is 6. The Balaban J connectivity index is 2.30. The molecule has 0 fully saturated rings. The summed E-state index contributed by atoms with van der Waals surface area (Å²) in [5, 5.41) is 0. The highest BCUT2D eigenvalue weighted by Gasteiger charge is 2.15. The second-order valence-electron chi connectivity index (χ2n) is 4.42. The van der Waals surface area contributed by atoms with Crippen molar-refractivity contribution in [2.24, 2.45) is 0 Å². The minimum absolute atomic E-state index is 0.112. The molecule has 0 atom stereocenters. The lowest BCUT2D eigenvalue weighted by molar-refractivity contribution is 0.177. The van der Waals surface area contributed by atoms with Crippen LogP contribution in [-0.4, -0.2) is 25.5 Å². The molecule has 21 heavy (non-hydrogen) atoms. The first-order valence-electron chi connectivity index (χ1n) is 6.12. The Morgan fingerprint density at radius 2 is 1.90 bits per heavy atom. The lowest BCUT2D eigenvalue weighted by atomic mass is 10.3. The molecule has 8 heteroatoms. The molecule has 0 unspecified atom stereocenters. The van der Waals surface area contributed by atoms with Gasteiger partial charge in [-0.25, -0.2) is 18.4 Å². The van der Waals surface area contributed by atoms with Crippen molar-refractivity contribution >= 4 is 21.5 Å². The largest absolute Gasteiger partial charge is 0.399 e. The zero-order valence-electron chi connectivity index (χ0n) is 11.7. The Kier molecular flexibility index (Phi) is 4.39. The number of nitrogen functional groups attached to an aromatic ring is 1. The van der Waals surface area contributed by atoms with Gasteiger partial charge in [0.25, 0.3) is 10.0 Å². The molecule has 112 valence electrons. The average molecular weight is 308 g/mol. The number of nitrogens with one attached hydrogen (secondary N) is 1. The van der Waals surface area contributed by atoms with Crippen LogP contribution in [-0.2, 0) is 21.4 Å². The van der Waals surface area contributed by atoms with E-state index in [9.17, 15) is 8.42 Å². The van der Waals surface area contributed by atoms with Crippen molar-refractivity contribution in [2.75, 3.05) is 17.6 Å². The number of rotatable bonds is 5. The standard InChI is InChI=1S/C13H16N4O3S/c1-9-7-12(16-13(15-9)8-20-2)17-21(18,19)11-5-3-10(14)4-6-11/h3-7H,8,14H2,1-2H3,(H,15,16,17). The third kappa shape index (κ3) is 3.89. The number of nitrogens with zero attached hydrogens (tertiary/aromatic N) is 2. The average Bonchev–Trinajstić information content (AvgIpc) is 2.38. The first-order chi connectivity index (χ1) is 9.90. The molecule has 1 aromatic carbocycles. The molecule has 7 nitrogen and oxygen atoms in total. The molecule has 2 rings (SSSR count). The zero-order chi connectivity index (χ0) is 15.5. The van der Waals surface area contributed by atoms with Gasteiger partial charge in [-0.05, 0) is 31.2 Å². The van der Waals surface area contributed by atoms with Crippen LogP contribution in [0.1, 0.15) is 11.5 Å². The summed E-state index contributed by atoms with van der Waals surface area (Å²) < 4.78 is 31.9. The lowest BCUT2D eigenvalue weighted by Gasteiger charge is -2.09. The highest BCUT2D eigenvalue weighted by molar-refractivity contribution is 7.92. The molecule has 2 aromatic rings. The Hall–Kier alpha value is -2.19. The van der Waals surface area contributed by atoms with Crippen LogP contribution in [0.15, 0.2) is 35.2 Å². The van der Waals surface area contributed by atoms with Crippen molar-refractivity contribution in [2.45, 2.75) is 18.4 Å². The summed E-state index contributed by atoms with van der Waals surface area (Å²) in [6.07, 6.45) is 0. The van der Waals surface area contributed by atoms with Crippen LogP contribution in [0.5, 0.6) is 0 Å². The van der Waals surface area contributed by atoms with Gasteiger partial charge in [0.2, 0.25) is 0 Å². The van der Waals surface area contributed by atoms with Crippen LogP contribution < -0.4 is 10.5 Å². The molecule has 3 N–H and O–H groups in total. The van der Waals surface area contributed by atoms with Crippen LogP contribution >= 0.6 is 0 Å². The van der Waals surface area contributed by atoms with Gasteiger partial charge in [0.05, 0.1) is 4.90 Å². The maximum Gasteiger partial charge on any atom is 0.263 e. The van der Waals surface area contributed by atoms with E-state index in [-0.39, 0.29) is 17.3 Å². The summed E-state index contributed by atoms with van der Waals surface area (Å²) in [6.45, 7) is 1.96. The van der Waals surface area contributed by atoms with Crippen LogP contribution in [0.4, 0.5) is 11.5 Å². The molecule has 0 aliphatic rings. The molecule has 1 heterocycles. The van der Waals surface area contributed by atoms with Crippen molar-refractivity contribution in [3.63, 3.8) is 0 Å². The van der Waals surface area contributed by atoms with Crippen molar-refractivity contribution in [1.82, 2.24) is 9.97 Å². The number of anilines is 2. The predicted octanol–water partition coefficient (Wildman–Crippen LogP) is 1.31. The van der Waals surface area contributed by atoms with Crippen molar-refractivity contribution in [3.8, 4) is 0 Å². The summed E-state index contributed by atoms with van der Waals surface area (Å²) >= 11 is 0. The number of sulfonamides is 1. The Morgan fingerprint density at radius 1 is 1.24 bits per heavy atom. The number of aryl methyl sites for hydroxylation is 1. The van der Waals surface area contributed by atoms with Crippen molar-refractivity contribution < 1.29 is 13.2 Å². The van der Waals surface area contributed by atoms with E-state index in [1.54, 1.807) is 13.0 Å². The Labute approximate surface area is 123 Å². The van der Waals surface area contributed by atoms with Gasteiger partial charge in [-0.15, -0.1) is 0 Å². The molecule has 0 spiro atoms. The van der Waals surface area contributed by atoms with E-state index in [4.69, 9.17) is 10.5 Å². The monoisotopic (exact) mass is 308 g/mol. The number of hydrogen-bond donors (Lipinski definition) is 2. The molecule has 0 saturated heterocycles. The van der Waals surface area contributed by atoms with E-state index < -0.39 is 10.0 Å². The first-order valence-corrected chi connectivity index (χ1v) is 7.61. The Bertz CT molecular complexity index is 730. The van der Waals surface area contributed by atoms with Gasteiger partial charge in [-0.1, -0.05) is 0 Å². The van der Waals surface area contributed by atoms with E-state index >= 15 is 0 Å². The summed E-state index contributed by atoms with van der Waals surface area (Å²) in [5.74, 6) is 0.610. The number of ether oxygens (including phenoxy) is 1. The van der Waals surface area contributed by atoms with Gasteiger partial charge in [0.1, 0.15) is 12.4 Å². The zero-order valence-corrected chi connectivity index (χ0v) is 12.5. The van der Waals surface area contributed by atoms with E-state index in [1.807, 2.05) is 0 Å². The highest BCUT2D eigenvalue weighted by Crippen LogP contribution is 2.16. The maximum absolute atomic E-state index is 12.2. The minimum atomic E-state index is -3.72. The molecule has 0 saturated carbocycles. The maximum atomic E-state index is 12.2. The number of nitrogens with two attached hydrogens (primary N) is 1. The third-order valence-corrected chi connectivity index (χ3v) is 3.97. The fraction of sp³-hybridized carbons (Fsp3) is 0.231. The highest BCUT2D eigenvalue weighted by atomic mass is 32.2. The minimum Gasteiger partial charge on any atom is -0.399 e. The summed E-state index contributed by atoms with van der Waals surface area (Å²) in [5.41, 5.74) is 6.69. The number of methoxy groups -OCH3 is 1. The predicted molar refractivity (Wildman–Crippen MR) is 79.1 cm³/mol. The quantitative estimate of drug-likeness (QED) is 0.807. The molecule has 0 amide bonds. The van der Waals surface area contributed by atoms with Gasteiger partial charge in [0, 0.05) is 24.6 Å². The van der Waals surface area contributed by atoms with Gasteiger partial charge >= 0.3 is 0 Å². The number of benzene rings is 1. The van der Waals surface area contributed by atoms with Crippen LogP contribution in [0.2, 0.25) is 0 Å². The Morgan fingerprint density at radius 3 is 2.52 bits per heavy atom. The van der Waals surface area contributed by atoms with Crippen molar-refractivity contribution in [3.05, 3.63) is 41.9 Å². The van der Waals surface area contributed by atoms with Gasteiger partial charge in [-0.3, -0.25) is 4.72 Å². The van der Waals surface area contributed by atoms with E-state index in [2.05, 4.69) is 14.7 Å². The van der Waals surface area contributed by atoms with Crippen LogP contribution in [0, 0.1) is 6.92 Å². The molecule has 0 bridgehead atoms.